The van der Waals surface area contributed by atoms with Crippen molar-refractivity contribution in [3.8, 4) is 0 Å². The molecule has 0 radical (unpaired) electrons. The average Bonchev–Trinajstić information content (AvgIpc) is 3.14. The number of nitrogens with zero attached hydrogens (tertiary/aromatic N) is 3. The number of hydrogen-bond donors (Lipinski definition) is 1. The van der Waals surface area contributed by atoms with E-state index in [-0.39, 0.29) is 0 Å². The molecule has 6 nitrogen and oxygen atoms in total. The Labute approximate surface area is 174 Å². The summed E-state index contributed by atoms with van der Waals surface area (Å²) in [4.78, 5) is 8.41. The van der Waals surface area contributed by atoms with Gasteiger partial charge in [-0.2, -0.15) is 0 Å². The molecule has 8 heteroatoms. The van der Waals surface area contributed by atoms with Gasteiger partial charge in [0.25, 0.3) is 0 Å². The summed E-state index contributed by atoms with van der Waals surface area (Å²) in [7, 11) is -3.12. The van der Waals surface area contributed by atoms with E-state index < -0.39 is 10.0 Å². The quantitative estimate of drug-likeness (QED) is 0.270. The van der Waals surface area contributed by atoms with Crippen LogP contribution in [0.25, 0.3) is 0 Å². The maximum atomic E-state index is 11.7. The van der Waals surface area contributed by atoms with Crippen LogP contribution in [-0.2, 0) is 10.0 Å². The minimum Gasteiger partial charge on any atom is -0.357 e. The molecule has 0 bridgehead atoms. The fourth-order valence-electron chi connectivity index (χ4n) is 3.31. The summed E-state index contributed by atoms with van der Waals surface area (Å²) in [5.74, 6) is 2.74. The van der Waals surface area contributed by atoms with Crippen LogP contribution in [0, 0.1) is 5.92 Å². The Morgan fingerprint density at radius 2 is 2.07 bits per heavy atom. The predicted molar refractivity (Wildman–Crippen MR) is 120 cm³/mol. The maximum Gasteiger partial charge on any atom is 0.211 e. The van der Waals surface area contributed by atoms with E-state index in [1.807, 2.05) is 18.7 Å². The van der Waals surface area contributed by atoms with Gasteiger partial charge in [0.2, 0.25) is 10.0 Å². The molecule has 1 aliphatic heterocycles. The number of aliphatic imine (C=N–C) groups is 1. The van der Waals surface area contributed by atoms with Gasteiger partial charge in [-0.3, -0.25) is 4.99 Å². The van der Waals surface area contributed by atoms with Gasteiger partial charge < -0.3 is 10.2 Å². The van der Waals surface area contributed by atoms with E-state index in [0.717, 1.165) is 37.8 Å². The fraction of sp³-hybridized carbons (Fsp3) is 0.650. The number of guanidine groups is 1. The molecule has 158 valence electrons. The summed E-state index contributed by atoms with van der Waals surface area (Å²) < 4.78 is 24.8. The Bertz CT molecular complexity index is 710. The molecule has 0 saturated carbocycles. The Hall–Kier alpha value is -1.25. The van der Waals surface area contributed by atoms with Gasteiger partial charge in [0.05, 0.1) is 6.26 Å². The number of likely N-dealkylation sites (tertiary alicyclic amines) is 1. The summed E-state index contributed by atoms with van der Waals surface area (Å²) in [6.07, 6.45) is 3.18. The van der Waals surface area contributed by atoms with Crippen LogP contribution in [0.4, 0.5) is 0 Å². The van der Waals surface area contributed by atoms with Crippen molar-refractivity contribution in [1.29, 1.82) is 0 Å². The number of rotatable bonds is 10. The molecule has 0 amide bonds. The lowest BCUT2D eigenvalue weighted by Gasteiger charge is -2.22. The third kappa shape index (κ3) is 7.64. The Morgan fingerprint density at radius 1 is 1.32 bits per heavy atom. The van der Waals surface area contributed by atoms with Crippen molar-refractivity contribution in [3.05, 3.63) is 30.3 Å². The SMILES string of the molecule is CCNC(=NCCCN(CC)S(C)(=O)=O)N1CCC(CSc2ccccc2)C1. The van der Waals surface area contributed by atoms with Crippen LogP contribution in [0.1, 0.15) is 26.7 Å². The van der Waals surface area contributed by atoms with Crippen molar-refractivity contribution in [3.63, 3.8) is 0 Å². The van der Waals surface area contributed by atoms with Crippen LogP contribution in [0.15, 0.2) is 40.2 Å². The molecule has 1 N–H and O–H groups in total. The van der Waals surface area contributed by atoms with E-state index in [1.165, 1.54) is 21.9 Å². The lowest BCUT2D eigenvalue weighted by molar-refractivity contribution is 0.425. The molecular formula is C20H34N4O2S2. The molecule has 0 aliphatic carbocycles. The topological polar surface area (TPSA) is 65.0 Å². The van der Waals surface area contributed by atoms with Crippen molar-refractivity contribution < 1.29 is 8.42 Å². The lowest BCUT2D eigenvalue weighted by Crippen LogP contribution is -2.40. The highest BCUT2D eigenvalue weighted by molar-refractivity contribution is 7.99. The predicted octanol–water partition coefficient (Wildman–Crippen LogP) is 2.74. The molecule has 1 fully saturated rings. The molecule has 1 saturated heterocycles. The fourth-order valence-corrected chi connectivity index (χ4v) is 5.29. The Balaban J connectivity index is 1.81. The third-order valence-electron chi connectivity index (χ3n) is 4.80. The van der Waals surface area contributed by atoms with Crippen LogP contribution in [0.3, 0.4) is 0 Å². The zero-order valence-electron chi connectivity index (χ0n) is 17.3. The molecule has 1 unspecified atom stereocenters. The largest absolute Gasteiger partial charge is 0.357 e. The molecule has 0 aromatic heterocycles. The molecule has 1 aromatic carbocycles. The van der Waals surface area contributed by atoms with Crippen molar-refractivity contribution >= 4 is 27.7 Å². The summed E-state index contributed by atoms with van der Waals surface area (Å²) in [6.45, 7) is 8.50. The Kier molecular flexibility index (Phi) is 9.61. The molecule has 1 atom stereocenters. The normalized spacial score (nSPS) is 18.1. The summed E-state index contributed by atoms with van der Waals surface area (Å²) in [5, 5.41) is 3.39. The van der Waals surface area contributed by atoms with Gasteiger partial charge in [0, 0.05) is 49.9 Å². The first-order chi connectivity index (χ1) is 13.4. The molecular weight excluding hydrogens is 392 g/mol. The number of thioether (sulfide) groups is 1. The molecule has 1 aliphatic rings. The first kappa shape index (κ1) is 23.0. The van der Waals surface area contributed by atoms with Crippen LogP contribution in [0.2, 0.25) is 0 Å². The Morgan fingerprint density at radius 3 is 2.71 bits per heavy atom. The third-order valence-corrected chi connectivity index (χ3v) is 7.42. The van der Waals surface area contributed by atoms with Crippen molar-refractivity contribution in [1.82, 2.24) is 14.5 Å². The van der Waals surface area contributed by atoms with Crippen LogP contribution < -0.4 is 5.32 Å². The molecule has 1 aromatic rings. The van der Waals surface area contributed by atoms with E-state index in [9.17, 15) is 8.42 Å². The first-order valence-corrected chi connectivity index (χ1v) is 12.9. The highest BCUT2D eigenvalue weighted by atomic mass is 32.2. The first-order valence-electron chi connectivity index (χ1n) is 10.1. The van der Waals surface area contributed by atoms with Crippen LogP contribution in [0.5, 0.6) is 0 Å². The smallest absolute Gasteiger partial charge is 0.211 e. The maximum absolute atomic E-state index is 11.7. The van der Waals surface area contributed by atoms with Gasteiger partial charge in [-0.1, -0.05) is 25.1 Å². The van der Waals surface area contributed by atoms with Crippen LogP contribution in [-0.4, -0.2) is 74.9 Å². The summed E-state index contributed by atoms with van der Waals surface area (Å²) in [5.41, 5.74) is 0. The lowest BCUT2D eigenvalue weighted by atomic mass is 10.2. The highest BCUT2D eigenvalue weighted by Crippen LogP contribution is 2.25. The number of benzene rings is 1. The molecule has 0 spiro atoms. The van der Waals surface area contributed by atoms with Crippen molar-refractivity contribution in [2.45, 2.75) is 31.6 Å². The van der Waals surface area contributed by atoms with Crippen molar-refractivity contribution in [2.75, 3.05) is 51.3 Å². The second-order valence-corrected chi connectivity index (χ2v) is 10.1. The van der Waals surface area contributed by atoms with Crippen LogP contribution >= 0.6 is 11.8 Å². The molecule has 28 heavy (non-hydrogen) atoms. The number of nitrogens with one attached hydrogen (secondary N) is 1. The summed E-state index contributed by atoms with van der Waals surface area (Å²) in [6, 6.07) is 10.6. The average molecular weight is 427 g/mol. The van der Waals surface area contributed by atoms with Gasteiger partial charge >= 0.3 is 0 Å². The number of hydrogen-bond acceptors (Lipinski definition) is 4. The second-order valence-electron chi connectivity index (χ2n) is 7.07. The molecule has 1 heterocycles. The van der Waals surface area contributed by atoms with E-state index in [0.29, 0.717) is 25.6 Å². The number of sulfonamides is 1. The van der Waals surface area contributed by atoms with E-state index in [1.54, 1.807) is 0 Å². The van der Waals surface area contributed by atoms with Gasteiger partial charge in [-0.15, -0.1) is 11.8 Å². The zero-order valence-corrected chi connectivity index (χ0v) is 18.9. The van der Waals surface area contributed by atoms with Gasteiger partial charge in [0.15, 0.2) is 5.96 Å². The zero-order chi connectivity index (χ0) is 20.4. The van der Waals surface area contributed by atoms with E-state index in [2.05, 4.69) is 47.5 Å². The second kappa shape index (κ2) is 11.7. The standard InChI is InChI=1S/C20H34N4O2S2/c1-4-21-20(22-13-9-14-24(5-2)28(3,25)26)23-15-12-18(16-23)17-27-19-10-7-6-8-11-19/h6-8,10-11,18H,4-5,9,12-17H2,1-3H3,(H,21,22). The minimum atomic E-state index is -3.12. The van der Waals surface area contributed by atoms with Gasteiger partial charge in [-0.05, 0) is 37.8 Å². The monoisotopic (exact) mass is 426 g/mol. The van der Waals surface area contributed by atoms with E-state index in [4.69, 9.17) is 4.99 Å². The summed E-state index contributed by atoms with van der Waals surface area (Å²) >= 11 is 1.92. The molecule has 2 rings (SSSR count). The highest BCUT2D eigenvalue weighted by Gasteiger charge is 2.25. The van der Waals surface area contributed by atoms with Gasteiger partial charge in [-0.25, -0.2) is 12.7 Å². The van der Waals surface area contributed by atoms with E-state index >= 15 is 0 Å². The van der Waals surface area contributed by atoms with Gasteiger partial charge in [0.1, 0.15) is 0 Å². The minimum absolute atomic E-state index is 0.509. The van der Waals surface area contributed by atoms with Crippen molar-refractivity contribution in [2.24, 2.45) is 10.9 Å².